The molecule has 0 saturated carbocycles. The molecule has 4 aromatic rings. The number of ketones is 1. The average Bonchev–Trinajstić information content (AvgIpc) is 2.75. The summed E-state index contributed by atoms with van der Waals surface area (Å²) in [6.07, 6.45) is 3.45. The quantitative estimate of drug-likeness (QED) is 0.286. The Labute approximate surface area is 172 Å². The van der Waals surface area contributed by atoms with Gasteiger partial charge in [-0.05, 0) is 12.1 Å². The third kappa shape index (κ3) is 4.27. The molecule has 0 fully saturated rings. The van der Waals surface area contributed by atoms with Crippen molar-refractivity contribution in [1.82, 2.24) is 9.97 Å². The Morgan fingerprint density at radius 2 is 1.11 bits per heavy atom. The Morgan fingerprint density at radius 1 is 0.630 bits per heavy atom. The molecule has 0 N–H and O–H groups in total. The van der Waals surface area contributed by atoms with Crippen LogP contribution in [0.2, 0.25) is 0 Å². The van der Waals surface area contributed by atoms with E-state index in [2.05, 4.69) is 22.1 Å². The summed E-state index contributed by atoms with van der Waals surface area (Å²) in [7, 11) is 0. The Bertz CT molecular complexity index is 965. The molecule has 0 amide bonds. The zero-order chi connectivity index (χ0) is 17.8. The van der Waals surface area contributed by atoms with Gasteiger partial charge >= 0.3 is 21.1 Å². The van der Waals surface area contributed by atoms with Gasteiger partial charge in [-0.2, -0.15) is 0 Å². The van der Waals surface area contributed by atoms with E-state index >= 15 is 0 Å². The van der Waals surface area contributed by atoms with Crippen molar-refractivity contribution in [3.8, 4) is 22.5 Å². The van der Waals surface area contributed by atoms with E-state index in [1.807, 2.05) is 60.7 Å². The van der Waals surface area contributed by atoms with Crippen LogP contribution in [-0.2, 0) is 21.1 Å². The number of aromatic nitrogens is 2. The van der Waals surface area contributed by atoms with Gasteiger partial charge in [0.15, 0.2) is 0 Å². The summed E-state index contributed by atoms with van der Waals surface area (Å²) in [5.41, 5.74) is 4.13. The van der Waals surface area contributed by atoms with Crippen LogP contribution in [0, 0.1) is 12.1 Å². The van der Waals surface area contributed by atoms with Crippen LogP contribution >= 0.6 is 0 Å². The molecule has 0 aliphatic rings. The number of nitrogens with zero attached hydrogens (tertiary/aromatic N) is 2. The number of carbonyl (C=O) groups excluding carboxylic acids is 1. The molecule has 4 heteroatoms. The molecule has 2 aromatic carbocycles. The molecule has 0 unspecified atom stereocenters. The van der Waals surface area contributed by atoms with Gasteiger partial charge in [0.25, 0.3) is 0 Å². The summed E-state index contributed by atoms with van der Waals surface area (Å²) in [6.45, 7) is 0. The summed E-state index contributed by atoms with van der Waals surface area (Å²) in [6, 6.07) is 28.7. The van der Waals surface area contributed by atoms with Crippen molar-refractivity contribution in [3.05, 3.63) is 108 Å². The van der Waals surface area contributed by atoms with E-state index in [9.17, 15) is 4.79 Å². The fraction of sp³-hybridized carbons (Fsp3) is 0. The molecule has 2 heterocycles. The number of pyridine rings is 2. The van der Waals surface area contributed by atoms with E-state index in [0.29, 0.717) is 11.1 Å². The molecule has 0 atom stereocenters. The molecular weight excluding hydrogens is 515 g/mol. The third-order valence-corrected chi connectivity index (χ3v) is 3.96. The average molecular weight is 529 g/mol. The van der Waals surface area contributed by atoms with Gasteiger partial charge in [0, 0.05) is 23.8 Å². The topological polar surface area (TPSA) is 42.9 Å². The van der Waals surface area contributed by atoms with Gasteiger partial charge in [-0.25, -0.2) is 0 Å². The minimum atomic E-state index is -0.124. The summed E-state index contributed by atoms with van der Waals surface area (Å²) < 4.78 is 0. The molecule has 0 bridgehead atoms. The largest absolute Gasteiger partial charge is 2.00 e. The standard InChI is InChI=1S/C23H14N2O.Pt/c26-23(19-9-5-7-17(15-19)21-11-1-3-13-24-21)20-10-6-8-18(16-20)22-12-2-4-14-25-22;/h1-14H;/q-2;+2. The molecular formula is C23H14N2OPt. The van der Waals surface area contributed by atoms with Crippen LogP contribution in [-0.4, -0.2) is 15.8 Å². The molecule has 3 nitrogen and oxygen atoms in total. The molecule has 132 valence electrons. The molecule has 0 aliphatic carbocycles. The van der Waals surface area contributed by atoms with Crippen LogP contribution in [0.25, 0.3) is 22.5 Å². The predicted molar refractivity (Wildman–Crippen MR) is 100 cm³/mol. The van der Waals surface area contributed by atoms with Crippen molar-refractivity contribution in [1.29, 1.82) is 0 Å². The molecule has 4 rings (SSSR count). The van der Waals surface area contributed by atoms with Gasteiger partial charge in [-0.3, -0.25) is 9.97 Å². The summed E-state index contributed by atoms with van der Waals surface area (Å²) in [5.74, 6) is -0.124. The first-order valence-corrected chi connectivity index (χ1v) is 8.23. The maximum absolute atomic E-state index is 12.9. The number of hydrogen-bond acceptors (Lipinski definition) is 3. The zero-order valence-electron chi connectivity index (χ0n) is 14.2. The minimum Gasteiger partial charge on any atom is -0.336 e. The first-order valence-electron chi connectivity index (χ1n) is 8.23. The SMILES string of the molecule is O=C(c1[c-]c(-c2ccccn2)ccc1)c1[c-]c(-c2ccccn2)ccc1.[Pt+2]. The molecule has 27 heavy (non-hydrogen) atoms. The van der Waals surface area contributed by atoms with Gasteiger partial charge in [0.1, 0.15) is 5.78 Å². The van der Waals surface area contributed by atoms with Crippen molar-refractivity contribution in [3.63, 3.8) is 0 Å². The maximum Gasteiger partial charge on any atom is 2.00 e. The fourth-order valence-corrected chi connectivity index (χ4v) is 2.69. The summed E-state index contributed by atoms with van der Waals surface area (Å²) >= 11 is 0. The van der Waals surface area contributed by atoms with E-state index in [-0.39, 0.29) is 26.8 Å². The van der Waals surface area contributed by atoms with Gasteiger partial charge < -0.3 is 4.79 Å². The smallest absolute Gasteiger partial charge is 0.336 e. The molecule has 0 aliphatic heterocycles. The minimum absolute atomic E-state index is 0. The van der Waals surface area contributed by atoms with E-state index in [4.69, 9.17) is 0 Å². The fourth-order valence-electron chi connectivity index (χ4n) is 2.69. The zero-order valence-corrected chi connectivity index (χ0v) is 16.5. The summed E-state index contributed by atoms with van der Waals surface area (Å²) in [5, 5.41) is 0. The second kappa shape index (κ2) is 8.66. The van der Waals surface area contributed by atoms with Crippen LogP contribution in [0.5, 0.6) is 0 Å². The van der Waals surface area contributed by atoms with E-state index in [0.717, 1.165) is 22.5 Å². The van der Waals surface area contributed by atoms with Crippen LogP contribution in [0.15, 0.2) is 85.2 Å². The van der Waals surface area contributed by atoms with Crippen molar-refractivity contribution in [2.24, 2.45) is 0 Å². The molecule has 0 saturated heterocycles. The van der Waals surface area contributed by atoms with Crippen LogP contribution in [0.1, 0.15) is 15.9 Å². The normalized spacial score (nSPS) is 10.1. The summed E-state index contributed by atoms with van der Waals surface area (Å²) in [4.78, 5) is 21.5. The van der Waals surface area contributed by atoms with Gasteiger partial charge in [0.05, 0.1) is 0 Å². The number of carbonyl (C=O) groups is 1. The van der Waals surface area contributed by atoms with Gasteiger partial charge in [-0.1, -0.05) is 46.5 Å². The number of benzene rings is 2. The maximum atomic E-state index is 12.9. The van der Waals surface area contributed by atoms with Crippen molar-refractivity contribution in [2.75, 3.05) is 0 Å². The van der Waals surface area contributed by atoms with Crippen molar-refractivity contribution in [2.45, 2.75) is 0 Å². The molecule has 2 aromatic heterocycles. The Morgan fingerprint density at radius 3 is 1.52 bits per heavy atom. The van der Waals surface area contributed by atoms with Gasteiger partial charge in [-0.15, -0.1) is 48.5 Å². The third-order valence-electron chi connectivity index (χ3n) is 3.96. The van der Waals surface area contributed by atoms with E-state index < -0.39 is 0 Å². The first kappa shape index (κ1) is 18.9. The Kier molecular flexibility index (Phi) is 6.05. The first-order chi connectivity index (χ1) is 12.8. The second-order valence-electron chi connectivity index (χ2n) is 5.72. The predicted octanol–water partition coefficient (Wildman–Crippen LogP) is 4.64. The Hall–Kier alpha value is -2.90. The van der Waals surface area contributed by atoms with E-state index in [1.54, 1.807) is 24.5 Å². The number of rotatable bonds is 4. The van der Waals surface area contributed by atoms with Crippen molar-refractivity contribution >= 4 is 5.78 Å². The van der Waals surface area contributed by atoms with Gasteiger partial charge in [0.2, 0.25) is 0 Å². The van der Waals surface area contributed by atoms with Crippen LogP contribution < -0.4 is 0 Å². The van der Waals surface area contributed by atoms with E-state index in [1.165, 1.54) is 0 Å². The second-order valence-corrected chi connectivity index (χ2v) is 5.72. The van der Waals surface area contributed by atoms with Crippen molar-refractivity contribution < 1.29 is 25.9 Å². The molecule has 0 radical (unpaired) electrons. The molecule has 0 spiro atoms. The van der Waals surface area contributed by atoms with Crippen LogP contribution in [0.3, 0.4) is 0 Å². The Balaban J connectivity index is 0.00000210. The van der Waals surface area contributed by atoms with Crippen LogP contribution in [0.4, 0.5) is 0 Å². The number of hydrogen-bond donors (Lipinski definition) is 0. The monoisotopic (exact) mass is 529 g/mol.